The topological polar surface area (TPSA) is 104 Å². The summed E-state index contributed by atoms with van der Waals surface area (Å²) >= 11 is 0. The lowest BCUT2D eigenvalue weighted by atomic mass is 10.1. The molecule has 0 aliphatic carbocycles. The number of esters is 1. The van der Waals surface area contributed by atoms with Crippen molar-refractivity contribution in [3.05, 3.63) is 24.3 Å². The van der Waals surface area contributed by atoms with E-state index in [4.69, 9.17) is 14.9 Å². The van der Waals surface area contributed by atoms with E-state index in [1.54, 1.807) is 0 Å². The van der Waals surface area contributed by atoms with Crippen LogP contribution in [0.15, 0.2) is 24.3 Å². The van der Waals surface area contributed by atoms with Crippen molar-refractivity contribution in [1.29, 1.82) is 0 Å². The Morgan fingerprint density at radius 2 is 1.52 bits per heavy atom. The second-order valence-corrected chi connectivity index (χ2v) is 5.50. The standard InChI is InChI=1S/C17H28O6/c1-13(16(20)21)9-10-15(12-19)23-17(22)14(2)8-6-4-3-5-7-11-18/h15,18-19H,1-12H2,(H,20,21). The van der Waals surface area contributed by atoms with Crippen LogP contribution in [0.2, 0.25) is 0 Å². The monoisotopic (exact) mass is 328 g/mol. The lowest BCUT2D eigenvalue weighted by Crippen LogP contribution is -2.23. The maximum atomic E-state index is 11.9. The average molecular weight is 328 g/mol. The molecule has 0 rings (SSSR count). The van der Waals surface area contributed by atoms with E-state index < -0.39 is 18.0 Å². The number of unbranched alkanes of at least 4 members (excludes halogenated alkanes) is 4. The molecule has 0 bridgehead atoms. The van der Waals surface area contributed by atoms with Gasteiger partial charge in [-0.2, -0.15) is 0 Å². The van der Waals surface area contributed by atoms with Crippen molar-refractivity contribution in [2.24, 2.45) is 0 Å². The van der Waals surface area contributed by atoms with Crippen LogP contribution >= 0.6 is 0 Å². The molecule has 0 saturated heterocycles. The fraction of sp³-hybridized carbons (Fsp3) is 0.647. The number of rotatable bonds is 14. The van der Waals surface area contributed by atoms with Crippen LogP contribution < -0.4 is 0 Å². The van der Waals surface area contributed by atoms with Crippen LogP contribution in [0.5, 0.6) is 0 Å². The maximum Gasteiger partial charge on any atom is 0.333 e. The van der Waals surface area contributed by atoms with E-state index in [1.165, 1.54) is 0 Å². The van der Waals surface area contributed by atoms with Crippen molar-refractivity contribution < 1.29 is 29.6 Å². The molecule has 0 radical (unpaired) electrons. The van der Waals surface area contributed by atoms with Crippen molar-refractivity contribution in [3.63, 3.8) is 0 Å². The molecule has 0 spiro atoms. The number of aliphatic carboxylic acids is 1. The number of aliphatic hydroxyl groups excluding tert-OH is 2. The maximum absolute atomic E-state index is 11.9. The lowest BCUT2D eigenvalue weighted by molar-refractivity contribution is -0.146. The predicted molar refractivity (Wildman–Crippen MR) is 86.9 cm³/mol. The van der Waals surface area contributed by atoms with Crippen LogP contribution in [0.4, 0.5) is 0 Å². The summed E-state index contributed by atoms with van der Waals surface area (Å²) in [6.07, 6.45) is 4.66. The molecular formula is C17H28O6. The first-order valence-corrected chi connectivity index (χ1v) is 7.93. The van der Waals surface area contributed by atoms with Crippen molar-refractivity contribution in [2.75, 3.05) is 13.2 Å². The molecule has 6 nitrogen and oxygen atoms in total. The Labute approximate surface area is 137 Å². The molecule has 23 heavy (non-hydrogen) atoms. The zero-order valence-electron chi connectivity index (χ0n) is 13.6. The first-order valence-electron chi connectivity index (χ1n) is 7.93. The molecule has 0 fully saturated rings. The molecule has 0 saturated carbocycles. The normalized spacial score (nSPS) is 11.7. The van der Waals surface area contributed by atoms with Gasteiger partial charge in [-0.3, -0.25) is 0 Å². The van der Waals surface area contributed by atoms with Gasteiger partial charge in [-0.25, -0.2) is 9.59 Å². The van der Waals surface area contributed by atoms with Gasteiger partial charge in [0.1, 0.15) is 6.10 Å². The van der Waals surface area contributed by atoms with Gasteiger partial charge < -0.3 is 20.1 Å². The van der Waals surface area contributed by atoms with Gasteiger partial charge in [-0.1, -0.05) is 32.4 Å². The highest BCUT2D eigenvalue weighted by atomic mass is 16.6. The number of hydrogen-bond acceptors (Lipinski definition) is 5. The molecule has 0 amide bonds. The molecule has 0 aliphatic heterocycles. The minimum Gasteiger partial charge on any atom is -0.478 e. The molecule has 0 heterocycles. The van der Waals surface area contributed by atoms with Crippen LogP contribution in [-0.2, 0) is 14.3 Å². The third-order valence-corrected chi connectivity index (χ3v) is 3.47. The molecule has 3 N–H and O–H groups in total. The van der Waals surface area contributed by atoms with Crippen LogP contribution in [0.1, 0.15) is 51.4 Å². The van der Waals surface area contributed by atoms with Crippen molar-refractivity contribution in [1.82, 2.24) is 0 Å². The van der Waals surface area contributed by atoms with Gasteiger partial charge in [0.2, 0.25) is 0 Å². The number of carboxylic acid groups (broad SMARTS) is 1. The Morgan fingerprint density at radius 1 is 0.913 bits per heavy atom. The first-order chi connectivity index (χ1) is 10.9. The fourth-order valence-electron chi connectivity index (χ4n) is 1.95. The Bertz CT molecular complexity index is 402. The molecule has 0 aliphatic rings. The molecule has 132 valence electrons. The number of carbonyl (C=O) groups is 2. The van der Waals surface area contributed by atoms with E-state index in [9.17, 15) is 14.7 Å². The summed E-state index contributed by atoms with van der Waals surface area (Å²) in [7, 11) is 0. The van der Waals surface area contributed by atoms with E-state index in [0.717, 1.165) is 32.1 Å². The van der Waals surface area contributed by atoms with Gasteiger partial charge in [0.05, 0.1) is 6.61 Å². The average Bonchev–Trinajstić information content (AvgIpc) is 2.53. The van der Waals surface area contributed by atoms with Gasteiger partial charge in [0.25, 0.3) is 0 Å². The van der Waals surface area contributed by atoms with E-state index in [2.05, 4.69) is 13.2 Å². The SMILES string of the molecule is C=C(CCC(CO)OC(=O)C(=C)CCCCCCCO)C(=O)O. The molecular weight excluding hydrogens is 300 g/mol. The Morgan fingerprint density at radius 3 is 2.09 bits per heavy atom. The van der Waals surface area contributed by atoms with Gasteiger partial charge in [-0.05, 0) is 32.1 Å². The quantitative estimate of drug-likeness (QED) is 0.256. The zero-order chi connectivity index (χ0) is 17.7. The summed E-state index contributed by atoms with van der Waals surface area (Å²) in [5.41, 5.74) is 0.365. The van der Waals surface area contributed by atoms with E-state index in [1.807, 2.05) is 0 Å². The van der Waals surface area contributed by atoms with Crippen LogP contribution in [0.3, 0.4) is 0 Å². The summed E-state index contributed by atoms with van der Waals surface area (Å²) in [5.74, 6) is -1.65. The largest absolute Gasteiger partial charge is 0.478 e. The van der Waals surface area contributed by atoms with Gasteiger partial charge in [0.15, 0.2) is 0 Å². The summed E-state index contributed by atoms with van der Waals surface area (Å²) in [6.45, 7) is 6.92. The van der Waals surface area contributed by atoms with Crippen LogP contribution in [0.25, 0.3) is 0 Å². The van der Waals surface area contributed by atoms with Crippen molar-refractivity contribution in [2.45, 2.75) is 57.5 Å². The highest BCUT2D eigenvalue weighted by Gasteiger charge is 2.17. The predicted octanol–water partition coefficient (Wildman–Crippen LogP) is 2.20. The highest BCUT2D eigenvalue weighted by molar-refractivity contribution is 5.88. The van der Waals surface area contributed by atoms with Gasteiger partial charge in [0, 0.05) is 17.8 Å². The number of aliphatic hydroxyl groups is 2. The van der Waals surface area contributed by atoms with Crippen LogP contribution in [0, 0.1) is 0 Å². The zero-order valence-corrected chi connectivity index (χ0v) is 13.6. The third kappa shape index (κ3) is 10.7. The minimum atomic E-state index is -1.10. The number of ether oxygens (including phenoxy) is 1. The number of carbonyl (C=O) groups excluding carboxylic acids is 1. The first kappa shape index (κ1) is 21.3. The lowest BCUT2D eigenvalue weighted by Gasteiger charge is -2.16. The number of carboxylic acids is 1. The Kier molecular flexibility index (Phi) is 11.9. The Hall–Kier alpha value is -1.66. The molecule has 0 aromatic heterocycles. The molecule has 0 aromatic carbocycles. The summed E-state index contributed by atoms with van der Waals surface area (Å²) in [6, 6.07) is 0. The second kappa shape index (κ2) is 12.8. The van der Waals surface area contributed by atoms with E-state index in [0.29, 0.717) is 12.0 Å². The number of hydrogen-bond donors (Lipinski definition) is 3. The second-order valence-electron chi connectivity index (χ2n) is 5.50. The molecule has 6 heteroatoms. The highest BCUT2D eigenvalue weighted by Crippen LogP contribution is 2.14. The molecule has 1 atom stereocenters. The summed E-state index contributed by atoms with van der Waals surface area (Å²) in [4.78, 5) is 22.5. The molecule has 1 unspecified atom stereocenters. The smallest absolute Gasteiger partial charge is 0.333 e. The van der Waals surface area contributed by atoms with Crippen molar-refractivity contribution in [3.8, 4) is 0 Å². The summed E-state index contributed by atoms with van der Waals surface area (Å²) < 4.78 is 5.13. The third-order valence-electron chi connectivity index (χ3n) is 3.47. The van der Waals surface area contributed by atoms with Crippen molar-refractivity contribution >= 4 is 11.9 Å². The minimum absolute atomic E-state index is 0.0150. The van der Waals surface area contributed by atoms with Gasteiger partial charge >= 0.3 is 11.9 Å². The Balaban J connectivity index is 4.00. The van der Waals surface area contributed by atoms with Crippen LogP contribution in [-0.4, -0.2) is 46.6 Å². The summed E-state index contributed by atoms with van der Waals surface area (Å²) in [5, 5.41) is 26.6. The van der Waals surface area contributed by atoms with Gasteiger partial charge in [-0.15, -0.1) is 0 Å². The van der Waals surface area contributed by atoms with E-state index in [-0.39, 0.29) is 31.6 Å². The fourth-order valence-corrected chi connectivity index (χ4v) is 1.95. The molecule has 0 aromatic rings. The van der Waals surface area contributed by atoms with E-state index >= 15 is 0 Å².